The number of carbonyl (C=O) groups is 2. The number of halogens is 1. The van der Waals surface area contributed by atoms with Gasteiger partial charge in [0, 0.05) is 3.57 Å². The number of anilines is 1. The molecule has 1 aromatic rings. The zero-order valence-electron chi connectivity index (χ0n) is 10.7. The molecular formula is C15H12INO3. The maximum Gasteiger partial charge on any atom is 0.241 e. The monoisotopic (exact) mass is 381 g/mol. The quantitative estimate of drug-likeness (QED) is 0.426. The summed E-state index contributed by atoms with van der Waals surface area (Å²) in [7, 11) is 0. The fourth-order valence-electron chi connectivity index (χ4n) is 3.52. The van der Waals surface area contributed by atoms with Gasteiger partial charge in [-0.3, -0.25) is 9.59 Å². The Labute approximate surface area is 129 Å². The van der Waals surface area contributed by atoms with Gasteiger partial charge in [-0.2, -0.15) is 0 Å². The number of fused-ring (bicyclic) bond motifs is 5. The Morgan fingerprint density at radius 1 is 1.30 bits per heavy atom. The summed E-state index contributed by atoms with van der Waals surface area (Å²) in [5.41, 5.74) is 0.0305. The summed E-state index contributed by atoms with van der Waals surface area (Å²) in [6.45, 7) is 1.89. The number of benzene rings is 1. The van der Waals surface area contributed by atoms with E-state index in [0.717, 1.165) is 3.57 Å². The minimum Gasteiger partial charge on any atom is -0.362 e. The zero-order valence-corrected chi connectivity index (χ0v) is 12.9. The summed E-state index contributed by atoms with van der Waals surface area (Å²) in [5.74, 6) is -1.03. The molecule has 0 radical (unpaired) electrons. The number of rotatable bonds is 1. The van der Waals surface area contributed by atoms with Gasteiger partial charge in [0.2, 0.25) is 11.8 Å². The zero-order chi connectivity index (χ0) is 14.1. The predicted octanol–water partition coefficient (Wildman–Crippen LogP) is 2.12. The average Bonchev–Trinajstić information content (AvgIpc) is 2.99. The highest BCUT2D eigenvalue weighted by Crippen LogP contribution is 2.52. The summed E-state index contributed by atoms with van der Waals surface area (Å²) in [6, 6.07) is 7.45. The maximum absolute atomic E-state index is 12.7. The third-order valence-corrected chi connectivity index (χ3v) is 5.07. The second-order valence-electron chi connectivity index (χ2n) is 5.62. The topological polar surface area (TPSA) is 46.6 Å². The van der Waals surface area contributed by atoms with Crippen LogP contribution in [-0.4, -0.2) is 23.5 Å². The van der Waals surface area contributed by atoms with Crippen molar-refractivity contribution in [3.05, 3.63) is 40.0 Å². The van der Waals surface area contributed by atoms with Crippen molar-refractivity contribution in [1.82, 2.24) is 0 Å². The van der Waals surface area contributed by atoms with E-state index in [1.807, 2.05) is 37.3 Å². The molecule has 3 aliphatic rings. The van der Waals surface area contributed by atoms with Gasteiger partial charge >= 0.3 is 0 Å². The van der Waals surface area contributed by atoms with E-state index in [2.05, 4.69) is 22.6 Å². The van der Waals surface area contributed by atoms with Crippen molar-refractivity contribution in [2.45, 2.75) is 18.6 Å². The van der Waals surface area contributed by atoms with E-state index < -0.39 is 5.60 Å². The Balaban J connectivity index is 1.79. The first-order chi connectivity index (χ1) is 9.51. The normalized spacial score (nSPS) is 37.9. The van der Waals surface area contributed by atoms with Crippen LogP contribution < -0.4 is 4.90 Å². The summed E-state index contributed by atoms with van der Waals surface area (Å²) in [6.07, 6.45) is 3.57. The standard InChI is InChI=1S/C15H12INO3/c1-15-6-5-10(20-15)11-12(15)14(19)17(13(11)18)9-4-2-3-8(16)7-9/h2-7,10-12H,1H3/t10-,11+,12-,15-/m1/s1. The largest absolute Gasteiger partial charge is 0.362 e. The second kappa shape index (κ2) is 3.92. The van der Waals surface area contributed by atoms with Crippen molar-refractivity contribution >= 4 is 40.1 Å². The SMILES string of the molecule is C[C@]12C=C[C@@H](O1)[C@@H]1C(=O)N(c3cccc(I)c3)C(=O)[C@@H]12. The van der Waals surface area contributed by atoms with Crippen LogP contribution in [0, 0.1) is 15.4 Å². The van der Waals surface area contributed by atoms with Crippen molar-refractivity contribution < 1.29 is 14.3 Å². The van der Waals surface area contributed by atoms with Crippen molar-refractivity contribution in [3.63, 3.8) is 0 Å². The van der Waals surface area contributed by atoms with E-state index in [0.29, 0.717) is 5.69 Å². The summed E-state index contributed by atoms with van der Waals surface area (Å²) in [4.78, 5) is 26.7. The molecule has 3 aliphatic heterocycles. The lowest BCUT2D eigenvalue weighted by atomic mass is 9.78. The van der Waals surface area contributed by atoms with Crippen LogP contribution in [0.25, 0.3) is 0 Å². The lowest BCUT2D eigenvalue weighted by molar-refractivity contribution is -0.126. The molecule has 2 fully saturated rings. The van der Waals surface area contributed by atoms with Crippen molar-refractivity contribution in [2.75, 3.05) is 4.90 Å². The Morgan fingerprint density at radius 2 is 2.10 bits per heavy atom. The van der Waals surface area contributed by atoms with Crippen LogP contribution in [0.4, 0.5) is 5.69 Å². The molecule has 0 N–H and O–H groups in total. The van der Waals surface area contributed by atoms with E-state index in [4.69, 9.17) is 4.74 Å². The number of hydrogen-bond acceptors (Lipinski definition) is 3. The van der Waals surface area contributed by atoms with Crippen molar-refractivity contribution in [3.8, 4) is 0 Å². The molecule has 0 aliphatic carbocycles. The molecule has 102 valence electrons. The third-order valence-electron chi connectivity index (χ3n) is 4.40. The van der Waals surface area contributed by atoms with Crippen LogP contribution in [-0.2, 0) is 14.3 Å². The minimum atomic E-state index is -0.626. The molecule has 3 heterocycles. The second-order valence-corrected chi connectivity index (χ2v) is 6.87. The molecule has 4 rings (SSSR count). The molecule has 0 saturated carbocycles. The number of nitrogens with zero attached hydrogens (tertiary/aromatic N) is 1. The average molecular weight is 381 g/mol. The highest BCUT2D eigenvalue weighted by Gasteiger charge is 2.65. The van der Waals surface area contributed by atoms with Crippen LogP contribution in [0.15, 0.2) is 36.4 Å². The molecule has 0 spiro atoms. The van der Waals surface area contributed by atoms with Gasteiger partial charge in [0.25, 0.3) is 0 Å². The lowest BCUT2D eigenvalue weighted by Crippen LogP contribution is -2.38. The maximum atomic E-state index is 12.7. The van der Waals surface area contributed by atoms with E-state index in [1.165, 1.54) is 4.90 Å². The van der Waals surface area contributed by atoms with Gasteiger partial charge in [-0.15, -0.1) is 0 Å². The Hall–Kier alpha value is -1.21. The van der Waals surface area contributed by atoms with Gasteiger partial charge in [0.1, 0.15) is 0 Å². The molecule has 5 heteroatoms. The number of imide groups is 1. The minimum absolute atomic E-state index is 0.139. The number of hydrogen-bond donors (Lipinski definition) is 0. The molecule has 0 aromatic heterocycles. The van der Waals surface area contributed by atoms with Crippen LogP contribution in [0.2, 0.25) is 0 Å². The predicted molar refractivity (Wildman–Crippen MR) is 81.1 cm³/mol. The van der Waals surface area contributed by atoms with Gasteiger partial charge < -0.3 is 4.74 Å². The molecular weight excluding hydrogens is 369 g/mol. The highest BCUT2D eigenvalue weighted by atomic mass is 127. The van der Waals surface area contributed by atoms with Gasteiger partial charge in [0.05, 0.1) is 29.2 Å². The Bertz CT molecular complexity index is 671. The molecule has 0 unspecified atom stereocenters. The van der Waals surface area contributed by atoms with Gasteiger partial charge in [0.15, 0.2) is 0 Å². The molecule has 2 amide bonds. The first-order valence-electron chi connectivity index (χ1n) is 6.52. The highest BCUT2D eigenvalue weighted by molar-refractivity contribution is 14.1. The van der Waals surface area contributed by atoms with Crippen molar-refractivity contribution in [2.24, 2.45) is 11.8 Å². The summed E-state index contributed by atoms with van der Waals surface area (Å²) < 4.78 is 6.80. The molecule has 4 atom stereocenters. The number of carbonyl (C=O) groups excluding carboxylic acids is 2. The van der Waals surface area contributed by atoms with Crippen molar-refractivity contribution in [1.29, 1.82) is 0 Å². The fraction of sp³-hybridized carbons (Fsp3) is 0.333. The van der Waals surface area contributed by atoms with Crippen LogP contribution in [0.5, 0.6) is 0 Å². The fourth-order valence-corrected chi connectivity index (χ4v) is 4.05. The molecule has 2 saturated heterocycles. The molecule has 1 aromatic carbocycles. The van der Waals surface area contributed by atoms with Crippen LogP contribution in [0.3, 0.4) is 0 Å². The van der Waals surface area contributed by atoms with Gasteiger partial charge in [-0.1, -0.05) is 18.2 Å². The number of ether oxygens (including phenoxy) is 1. The lowest BCUT2D eigenvalue weighted by Gasteiger charge is -2.24. The van der Waals surface area contributed by atoms with Crippen LogP contribution in [0.1, 0.15) is 6.92 Å². The molecule has 4 nitrogen and oxygen atoms in total. The van der Waals surface area contributed by atoms with E-state index >= 15 is 0 Å². The Morgan fingerprint density at radius 3 is 2.80 bits per heavy atom. The first kappa shape index (κ1) is 12.5. The smallest absolute Gasteiger partial charge is 0.241 e. The summed E-state index contributed by atoms with van der Waals surface area (Å²) in [5, 5.41) is 0. The van der Waals surface area contributed by atoms with E-state index in [9.17, 15) is 9.59 Å². The van der Waals surface area contributed by atoms with E-state index in [1.54, 1.807) is 6.07 Å². The van der Waals surface area contributed by atoms with Gasteiger partial charge in [-0.05, 0) is 47.7 Å². The number of amides is 2. The third kappa shape index (κ3) is 1.45. The van der Waals surface area contributed by atoms with E-state index in [-0.39, 0.29) is 29.8 Å². The van der Waals surface area contributed by atoms with Crippen LogP contribution >= 0.6 is 22.6 Å². The first-order valence-corrected chi connectivity index (χ1v) is 7.60. The molecule has 2 bridgehead atoms. The summed E-state index contributed by atoms with van der Waals surface area (Å²) >= 11 is 2.18. The Kier molecular flexibility index (Phi) is 2.45. The molecule has 20 heavy (non-hydrogen) atoms. The van der Waals surface area contributed by atoms with Gasteiger partial charge in [-0.25, -0.2) is 4.90 Å².